The Morgan fingerprint density at radius 1 is 1.50 bits per heavy atom. The molecular weight excluding hydrogens is 248 g/mol. The molecule has 0 radical (unpaired) electrons. The zero-order chi connectivity index (χ0) is 13.0. The van der Waals surface area contributed by atoms with E-state index in [9.17, 15) is 0 Å². The van der Waals surface area contributed by atoms with Crippen LogP contribution in [0.1, 0.15) is 24.8 Å². The Balaban J connectivity index is 2.20. The summed E-state index contributed by atoms with van der Waals surface area (Å²) in [6, 6.07) is 7.60. The van der Waals surface area contributed by atoms with Crippen molar-refractivity contribution in [2.24, 2.45) is 5.92 Å². The van der Waals surface area contributed by atoms with Crippen LogP contribution in [0.15, 0.2) is 18.2 Å². The summed E-state index contributed by atoms with van der Waals surface area (Å²) in [4.78, 5) is 2.22. The lowest BCUT2D eigenvalue weighted by Crippen LogP contribution is -2.36. The third-order valence-corrected chi connectivity index (χ3v) is 3.71. The first-order chi connectivity index (χ1) is 8.74. The van der Waals surface area contributed by atoms with Gasteiger partial charge < -0.3 is 10.0 Å². The molecule has 0 aromatic heterocycles. The van der Waals surface area contributed by atoms with E-state index in [0.717, 1.165) is 38.0 Å². The molecule has 1 heterocycles. The number of anilines is 1. The molecule has 0 amide bonds. The summed E-state index contributed by atoms with van der Waals surface area (Å²) in [7, 11) is 0. The molecular formula is C14H17ClN2O. The largest absolute Gasteiger partial charge is 0.396 e. The van der Waals surface area contributed by atoms with Crippen molar-refractivity contribution < 1.29 is 5.11 Å². The highest BCUT2D eigenvalue weighted by molar-refractivity contribution is 6.30. The third-order valence-electron chi connectivity index (χ3n) is 3.48. The molecule has 1 atom stereocenters. The van der Waals surface area contributed by atoms with Gasteiger partial charge in [-0.05, 0) is 43.4 Å². The fourth-order valence-corrected chi connectivity index (χ4v) is 2.73. The highest BCUT2D eigenvalue weighted by Crippen LogP contribution is 2.29. The van der Waals surface area contributed by atoms with Crippen LogP contribution in [0.2, 0.25) is 5.02 Å². The van der Waals surface area contributed by atoms with Gasteiger partial charge in [0.15, 0.2) is 0 Å². The quantitative estimate of drug-likeness (QED) is 0.913. The van der Waals surface area contributed by atoms with E-state index in [1.54, 1.807) is 12.1 Å². The molecule has 1 aliphatic heterocycles. The molecule has 1 unspecified atom stereocenters. The average Bonchev–Trinajstić information content (AvgIpc) is 2.39. The molecule has 0 aliphatic carbocycles. The molecule has 3 nitrogen and oxygen atoms in total. The van der Waals surface area contributed by atoms with Gasteiger partial charge in [-0.15, -0.1) is 0 Å². The lowest BCUT2D eigenvalue weighted by molar-refractivity contribution is 0.244. The van der Waals surface area contributed by atoms with Crippen molar-refractivity contribution in [1.29, 1.82) is 5.26 Å². The molecule has 96 valence electrons. The Bertz CT molecular complexity index is 454. The summed E-state index contributed by atoms with van der Waals surface area (Å²) in [5, 5.41) is 18.8. The number of hydrogen-bond donors (Lipinski definition) is 1. The minimum absolute atomic E-state index is 0.235. The SMILES string of the molecule is N#Cc1ccc(Cl)cc1N1CCCC(CCO)C1. The number of benzene rings is 1. The first-order valence-corrected chi connectivity index (χ1v) is 6.68. The fourth-order valence-electron chi connectivity index (χ4n) is 2.56. The average molecular weight is 265 g/mol. The van der Waals surface area contributed by atoms with Gasteiger partial charge in [-0.3, -0.25) is 0 Å². The van der Waals surface area contributed by atoms with Crippen molar-refractivity contribution in [3.8, 4) is 6.07 Å². The molecule has 1 aromatic carbocycles. The monoisotopic (exact) mass is 264 g/mol. The summed E-state index contributed by atoms with van der Waals surface area (Å²) >= 11 is 6.01. The molecule has 1 aromatic rings. The standard InChI is InChI=1S/C14H17ClN2O/c15-13-4-3-12(9-16)14(8-13)17-6-1-2-11(10-17)5-7-18/h3-4,8,11,18H,1-2,5-7,10H2. The summed E-state index contributed by atoms with van der Waals surface area (Å²) in [6.45, 7) is 2.09. The van der Waals surface area contributed by atoms with Gasteiger partial charge in [-0.25, -0.2) is 0 Å². The molecule has 1 saturated heterocycles. The first-order valence-electron chi connectivity index (χ1n) is 6.30. The van der Waals surface area contributed by atoms with Crippen LogP contribution in [0.25, 0.3) is 0 Å². The molecule has 4 heteroatoms. The smallest absolute Gasteiger partial charge is 0.101 e. The third kappa shape index (κ3) is 2.95. The Labute approximate surface area is 113 Å². The number of nitriles is 1. The van der Waals surface area contributed by atoms with Gasteiger partial charge in [0.05, 0.1) is 11.3 Å². The summed E-state index contributed by atoms with van der Waals surface area (Å²) in [6.07, 6.45) is 3.08. The molecule has 2 rings (SSSR count). The summed E-state index contributed by atoms with van der Waals surface area (Å²) in [5.41, 5.74) is 1.59. The Morgan fingerprint density at radius 2 is 2.33 bits per heavy atom. The van der Waals surface area contributed by atoms with Crippen LogP contribution in [0.3, 0.4) is 0 Å². The maximum atomic E-state index is 9.15. The lowest BCUT2D eigenvalue weighted by atomic mass is 9.94. The number of nitrogens with zero attached hydrogens (tertiary/aromatic N) is 2. The number of halogens is 1. The second kappa shape index (κ2) is 6.08. The first kappa shape index (κ1) is 13.2. The van der Waals surface area contributed by atoms with E-state index in [2.05, 4.69) is 11.0 Å². The van der Waals surface area contributed by atoms with E-state index >= 15 is 0 Å². The van der Waals surface area contributed by atoms with Crippen LogP contribution in [0, 0.1) is 17.2 Å². The molecule has 1 aliphatic rings. The van der Waals surface area contributed by atoms with Crippen molar-refractivity contribution in [1.82, 2.24) is 0 Å². The van der Waals surface area contributed by atoms with Crippen molar-refractivity contribution in [2.75, 3.05) is 24.6 Å². The van der Waals surface area contributed by atoms with Crippen LogP contribution in [-0.4, -0.2) is 24.8 Å². The van der Waals surface area contributed by atoms with Gasteiger partial charge in [0.2, 0.25) is 0 Å². The fraction of sp³-hybridized carbons (Fsp3) is 0.500. The van der Waals surface area contributed by atoms with Crippen molar-refractivity contribution in [2.45, 2.75) is 19.3 Å². The number of hydrogen-bond acceptors (Lipinski definition) is 3. The second-order valence-corrected chi connectivity index (χ2v) is 5.18. The molecule has 18 heavy (non-hydrogen) atoms. The van der Waals surface area contributed by atoms with E-state index < -0.39 is 0 Å². The van der Waals surface area contributed by atoms with Gasteiger partial charge >= 0.3 is 0 Å². The minimum Gasteiger partial charge on any atom is -0.396 e. The Kier molecular flexibility index (Phi) is 4.46. The Hall–Kier alpha value is -1.24. The van der Waals surface area contributed by atoms with Crippen LogP contribution < -0.4 is 4.90 Å². The second-order valence-electron chi connectivity index (χ2n) is 4.74. The normalized spacial score (nSPS) is 19.6. The van der Waals surface area contributed by atoms with Gasteiger partial charge in [-0.2, -0.15) is 5.26 Å². The number of aliphatic hydroxyl groups excluding tert-OH is 1. The van der Waals surface area contributed by atoms with Gasteiger partial charge in [0, 0.05) is 24.7 Å². The number of rotatable bonds is 3. The number of piperidine rings is 1. The van der Waals surface area contributed by atoms with Crippen molar-refractivity contribution >= 4 is 17.3 Å². The zero-order valence-electron chi connectivity index (χ0n) is 10.3. The van der Waals surface area contributed by atoms with Gasteiger partial charge in [0.1, 0.15) is 6.07 Å². The van der Waals surface area contributed by atoms with Crippen LogP contribution in [0.5, 0.6) is 0 Å². The molecule has 1 N–H and O–H groups in total. The highest BCUT2D eigenvalue weighted by atomic mass is 35.5. The van der Waals surface area contributed by atoms with Crippen molar-refractivity contribution in [3.05, 3.63) is 28.8 Å². The summed E-state index contributed by atoms with van der Waals surface area (Å²) in [5.74, 6) is 0.509. The van der Waals surface area contributed by atoms with Gasteiger partial charge in [0.25, 0.3) is 0 Å². The highest BCUT2D eigenvalue weighted by Gasteiger charge is 2.21. The predicted molar refractivity (Wildman–Crippen MR) is 72.8 cm³/mol. The predicted octanol–water partition coefficient (Wildman–Crippen LogP) is 2.81. The van der Waals surface area contributed by atoms with Crippen LogP contribution in [0.4, 0.5) is 5.69 Å². The molecule has 0 saturated carbocycles. The maximum Gasteiger partial charge on any atom is 0.101 e. The minimum atomic E-state index is 0.235. The molecule has 0 bridgehead atoms. The number of aliphatic hydroxyl groups is 1. The topological polar surface area (TPSA) is 47.3 Å². The molecule has 0 spiro atoms. The van der Waals surface area contributed by atoms with Crippen LogP contribution >= 0.6 is 11.6 Å². The maximum absolute atomic E-state index is 9.15. The van der Waals surface area contributed by atoms with Crippen LogP contribution in [-0.2, 0) is 0 Å². The van der Waals surface area contributed by atoms with E-state index in [0.29, 0.717) is 16.5 Å². The van der Waals surface area contributed by atoms with E-state index in [4.69, 9.17) is 22.0 Å². The van der Waals surface area contributed by atoms with E-state index in [-0.39, 0.29) is 6.61 Å². The van der Waals surface area contributed by atoms with E-state index in [1.807, 2.05) is 6.07 Å². The van der Waals surface area contributed by atoms with E-state index in [1.165, 1.54) is 0 Å². The van der Waals surface area contributed by atoms with Gasteiger partial charge in [-0.1, -0.05) is 11.6 Å². The van der Waals surface area contributed by atoms with Crippen molar-refractivity contribution in [3.63, 3.8) is 0 Å². The lowest BCUT2D eigenvalue weighted by Gasteiger charge is -2.34. The Morgan fingerprint density at radius 3 is 3.06 bits per heavy atom. The molecule has 1 fully saturated rings. The summed E-state index contributed by atoms with van der Waals surface area (Å²) < 4.78 is 0. The zero-order valence-corrected chi connectivity index (χ0v) is 11.0.